The van der Waals surface area contributed by atoms with Crippen molar-refractivity contribution in [3.8, 4) is 5.75 Å². The number of halogens is 1. The molecule has 1 aromatic rings. The number of ether oxygens (including phenoxy) is 1. The highest BCUT2D eigenvalue weighted by molar-refractivity contribution is 6.30. The molecule has 0 aromatic heterocycles. The predicted octanol–water partition coefficient (Wildman–Crippen LogP) is 2.58. The largest absolute Gasteiger partial charge is 0.481 e. The van der Waals surface area contributed by atoms with Crippen molar-refractivity contribution in [2.75, 3.05) is 26.2 Å². The fourth-order valence-corrected chi connectivity index (χ4v) is 3.10. The van der Waals surface area contributed by atoms with E-state index in [-0.39, 0.29) is 17.7 Å². The molecule has 1 unspecified atom stereocenters. The topological polar surface area (TPSA) is 49.9 Å². The van der Waals surface area contributed by atoms with Gasteiger partial charge < -0.3 is 14.5 Å². The van der Waals surface area contributed by atoms with Gasteiger partial charge in [-0.2, -0.15) is 0 Å². The molecule has 0 spiro atoms. The molecule has 2 amide bonds. The molecule has 1 atom stereocenters. The standard InChI is InChI=1S/C18H23ClN2O3/c1-13(24-16-7-5-15(19)6-8-16)17(22)20-9-2-10-21(12-11-20)18(23)14-3-4-14/h5-8,13-14H,2-4,9-12H2,1H3. The summed E-state index contributed by atoms with van der Waals surface area (Å²) in [6.45, 7) is 4.36. The molecular formula is C18H23ClN2O3. The summed E-state index contributed by atoms with van der Waals surface area (Å²) in [5.41, 5.74) is 0. The Labute approximate surface area is 147 Å². The van der Waals surface area contributed by atoms with Gasteiger partial charge in [-0.25, -0.2) is 0 Å². The first-order valence-electron chi connectivity index (χ1n) is 8.54. The maximum atomic E-state index is 12.6. The number of carbonyl (C=O) groups excluding carboxylic acids is 2. The lowest BCUT2D eigenvalue weighted by molar-refractivity contribution is -0.138. The number of amides is 2. The molecule has 5 nitrogen and oxygen atoms in total. The third-order valence-electron chi connectivity index (χ3n) is 4.52. The van der Waals surface area contributed by atoms with Gasteiger partial charge in [0.1, 0.15) is 5.75 Å². The van der Waals surface area contributed by atoms with Crippen molar-refractivity contribution < 1.29 is 14.3 Å². The van der Waals surface area contributed by atoms with E-state index >= 15 is 0 Å². The average Bonchev–Trinajstić information content (AvgIpc) is 3.42. The zero-order valence-electron chi connectivity index (χ0n) is 13.9. The zero-order chi connectivity index (χ0) is 17.1. The predicted molar refractivity (Wildman–Crippen MR) is 92.0 cm³/mol. The number of carbonyl (C=O) groups is 2. The van der Waals surface area contributed by atoms with Crippen LogP contribution in [-0.2, 0) is 9.59 Å². The molecule has 0 N–H and O–H groups in total. The van der Waals surface area contributed by atoms with Crippen LogP contribution in [0.25, 0.3) is 0 Å². The number of rotatable bonds is 4. The lowest BCUT2D eigenvalue weighted by atomic mass is 10.3. The van der Waals surface area contributed by atoms with Gasteiger partial charge in [-0.3, -0.25) is 9.59 Å². The Morgan fingerprint density at radius 3 is 2.38 bits per heavy atom. The molecule has 1 aliphatic carbocycles. The molecule has 1 heterocycles. The van der Waals surface area contributed by atoms with Gasteiger partial charge >= 0.3 is 0 Å². The Morgan fingerprint density at radius 1 is 1.08 bits per heavy atom. The van der Waals surface area contributed by atoms with Crippen molar-refractivity contribution in [2.45, 2.75) is 32.3 Å². The molecule has 0 radical (unpaired) electrons. The third-order valence-corrected chi connectivity index (χ3v) is 4.77. The van der Waals surface area contributed by atoms with E-state index < -0.39 is 6.10 Å². The van der Waals surface area contributed by atoms with Gasteiger partial charge in [0.2, 0.25) is 5.91 Å². The molecule has 3 rings (SSSR count). The summed E-state index contributed by atoms with van der Waals surface area (Å²) in [5.74, 6) is 1.08. The second-order valence-electron chi connectivity index (χ2n) is 6.49. The summed E-state index contributed by atoms with van der Waals surface area (Å²) >= 11 is 5.85. The first-order valence-corrected chi connectivity index (χ1v) is 8.92. The van der Waals surface area contributed by atoms with Crippen LogP contribution in [0.5, 0.6) is 5.75 Å². The molecular weight excluding hydrogens is 328 g/mol. The van der Waals surface area contributed by atoms with Crippen LogP contribution in [0.3, 0.4) is 0 Å². The van der Waals surface area contributed by atoms with Gasteiger partial charge in [0.25, 0.3) is 5.91 Å². The highest BCUT2D eigenvalue weighted by Gasteiger charge is 2.34. The van der Waals surface area contributed by atoms with E-state index in [1.165, 1.54) is 0 Å². The van der Waals surface area contributed by atoms with E-state index in [4.69, 9.17) is 16.3 Å². The monoisotopic (exact) mass is 350 g/mol. The number of benzene rings is 1. The minimum absolute atomic E-state index is 0.0364. The lowest BCUT2D eigenvalue weighted by Gasteiger charge is -2.25. The fourth-order valence-electron chi connectivity index (χ4n) is 2.97. The van der Waals surface area contributed by atoms with Crippen LogP contribution in [0.15, 0.2) is 24.3 Å². The van der Waals surface area contributed by atoms with E-state index in [2.05, 4.69) is 0 Å². The van der Waals surface area contributed by atoms with Crippen LogP contribution < -0.4 is 4.74 Å². The van der Waals surface area contributed by atoms with Crippen LogP contribution in [0, 0.1) is 5.92 Å². The molecule has 0 bridgehead atoms. The molecule has 2 fully saturated rings. The van der Waals surface area contributed by atoms with Gasteiger partial charge in [-0.1, -0.05) is 11.6 Å². The van der Waals surface area contributed by atoms with Crippen LogP contribution >= 0.6 is 11.6 Å². The van der Waals surface area contributed by atoms with Crippen molar-refractivity contribution in [3.05, 3.63) is 29.3 Å². The minimum Gasteiger partial charge on any atom is -0.481 e. The highest BCUT2D eigenvalue weighted by atomic mass is 35.5. The summed E-state index contributed by atoms with van der Waals surface area (Å²) in [7, 11) is 0. The molecule has 6 heteroatoms. The van der Waals surface area contributed by atoms with Gasteiger partial charge in [0, 0.05) is 37.1 Å². The second-order valence-corrected chi connectivity index (χ2v) is 6.93. The summed E-state index contributed by atoms with van der Waals surface area (Å²) in [4.78, 5) is 28.5. The van der Waals surface area contributed by atoms with Crippen LogP contribution in [0.2, 0.25) is 5.02 Å². The Balaban J connectivity index is 1.54. The maximum absolute atomic E-state index is 12.6. The van der Waals surface area contributed by atoms with Crippen molar-refractivity contribution in [2.24, 2.45) is 5.92 Å². The number of hydrogen-bond donors (Lipinski definition) is 0. The summed E-state index contributed by atoms with van der Waals surface area (Å²) < 4.78 is 5.72. The first kappa shape index (κ1) is 17.1. The molecule has 130 valence electrons. The average molecular weight is 351 g/mol. The Kier molecular flexibility index (Phi) is 5.29. The van der Waals surface area contributed by atoms with E-state index in [9.17, 15) is 9.59 Å². The molecule has 1 aromatic carbocycles. The van der Waals surface area contributed by atoms with Gasteiger partial charge in [0.05, 0.1) is 0 Å². The molecule has 2 aliphatic rings. The molecule has 1 saturated heterocycles. The van der Waals surface area contributed by atoms with Gasteiger partial charge in [0.15, 0.2) is 6.10 Å². The fraction of sp³-hybridized carbons (Fsp3) is 0.556. The van der Waals surface area contributed by atoms with Crippen molar-refractivity contribution in [1.29, 1.82) is 0 Å². The Bertz CT molecular complexity index is 601. The highest BCUT2D eigenvalue weighted by Crippen LogP contribution is 2.31. The quantitative estimate of drug-likeness (QED) is 0.838. The smallest absolute Gasteiger partial charge is 0.263 e. The second kappa shape index (κ2) is 7.43. The van der Waals surface area contributed by atoms with Crippen molar-refractivity contribution in [3.63, 3.8) is 0 Å². The van der Waals surface area contributed by atoms with Gasteiger partial charge in [-0.15, -0.1) is 0 Å². The number of hydrogen-bond acceptors (Lipinski definition) is 3. The van der Waals surface area contributed by atoms with Crippen LogP contribution in [0.4, 0.5) is 0 Å². The third kappa shape index (κ3) is 4.20. The van der Waals surface area contributed by atoms with Crippen molar-refractivity contribution in [1.82, 2.24) is 9.80 Å². The summed E-state index contributed by atoms with van der Waals surface area (Å²) in [6.07, 6.45) is 2.29. The minimum atomic E-state index is -0.558. The van der Waals surface area contributed by atoms with E-state index in [1.54, 1.807) is 36.1 Å². The van der Waals surface area contributed by atoms with Gasteiger partial charge in [-0.05, 0) is 50.5 Å². The molecule has 1 saturated carbocycles. The van der Waals surface area contributed by atoms with E-state index in [0.717, 1.165) is 25.8 Å². The van der Waals surface area contributed by atoms with E-state index in [1.807, 2.05) is 4.90 Å². The van der Waals surface area contributed by atoms with Crippen molar-refractivity contribution >= 4 is 23.4 Å². The molecule has 24 heavy (non-hydrogen) atoms. The van der Waals surface area contributed by atoms with E-state index in [0.29, 0.717) is 30.4 Å². The molecule has 1 aliphatic heterocycles. The normalized spacial score (nSPS) is 19.6. The lowest BCUT2D eigenvalue weighted by Crippen LogP contribution is -2.43. The maximum Gasteiger partial charge on any atom is 0.263 e. The summed E-state index contributed by atoms with van der Waals surface area (Å²) in [6, 6.07) is 6.98. The summed E-state index contributed by atoms with van der Waals surface area (Å²) in [5, 5.41) is 0.634. The Hall–Kier alpha value is -1.75. The number of nitrogens with zero attached hydrogens (tertiary/aromatic N) is 2. The van der Waals surface area contributed by atoms with Crippen LogP contribution in [0.1, 0.15) is 26.2 Å². The van der Waals surface area contributed by atoms with Crippen LogP contribution in [-0.4, -0.2) is 53.9 Å². The SMILES string of the molecule is CC(Oc1ccc(Cl)cc1)C(=O)N1CCCN(C(=O)C2CC2)CC1. The Morgan fingerprint density at radius 2 is 1.71 bits per heavy atom. The zero-order valence-corrected chi connectivity index (χ0v) is 14.7. The first-order chi connectivity index (χ1) is 11.5.